The van der Waals surface area contributed by atoms with E-state index < -0.39 is 0 Å². The van der Waals surface area contributed by atoms with Crippen molar-refractivity contribution in [1.82, 2.24) is 4.90 Å². The first-order chi connectivity index (χ1) is 8.56. The Kier molecular flexibility index (Phi) is 4.36. The molecule has 0 aromatic heterocycles. The quantitative estimate of drug-likeness (QED) is 0.892. The lowest BCUT2D eigenvalue weighted by Gasteiger charge is -2.38. The maximum absolute atomic E-state index is 13.1. The SMILES string of the molecule is CC(C)N1CC[C@H](Cc2cccc(F)c2)[C@H](O)C1. The number of piperidine rings is 1. The zero-order chi connectivity index (χ0) is 13.1. The molecule has 1 aliphatic heterocycles. The van der Waals surface area contributed by atoms with Gasteiger partial charge in [0.15, 0.2) is 0 Å². The van der Waals surface area contributed by atoms with E-state index >= 15 is 0 Å². The summed E-state index contributed by atoms with van der Waals surface area (Å²) in [5.41, 5.74) is 0.983. The fourth-order valence-electron chi connectivity index (χ4n) is 2.68. The van der Waals surface area contributed by atoms with Crippen LogP contribution in [-0.4, -0.2) is 35.2 Å². The van der Waals surface area contributed by atoms with Crippen molar-refractivity contribution in [2.24, 2.45) is 5.92 Å². The third-order valence-electron chi connectivity index (χ3n) is 3.87. The first-order valence-electron chi connectivity index (χ1n) is 6.73. The molecular weight excluding hydrogens is 229 g/mol. The van der Waals surface area contributed by atoms with Gasteiger partial charge >= 0.3 is 0 Å². The van der Waals surface area contributed by atoms with Crippen LogP contribution < -0.4 is 0 Å². The molecule has 1 heterocycles. The molecule has 1 N–H and O–H groups in total. The molecule has 0 amide bonds. The molecule has 0 saturated carbocycles. The molecule has 100 valence electrons. The van der Waals surface area contributed by atoms with Crippen LogP contribution >= 0.6 is 0 Å². The van der Waals surface area contributed by atoms with Crippen LogP contribution in [0.5, 0.6) is 0 Å². The summed E-state index contributed by atoms with van der Waals surface area (Å²) in [6, 6.07) is 7.18. The number of halogens is 1. The monoisotopic (exact) mass is 251 g/mol. The van der Waals surface area contributed by atoms with Gasteiger partial charge in [-0.25, -0.2) is 4.39 Å². The number of aliphatic hydroxyl groups excluding tert-OH is 1. The maximum atomic E-state index is 13.1. The van der Waals surface area contributed by atoms with E-state index in [2.05, 4.69) is 18.7 Å². The van der Waals surface area contributed by atoms with Crippen LogP contribution in [0.3, 0.4) is 0 Å². The Hall–Kier alpha value is -0.930. The fourth-order valence-corrected chi connectivity index (χ4v) is 2.68. The van der Waals surface area contributed by atoms with Crippen molar-refractivity contribution < 1.29 is 9.50 Å². The molecule has 0 unspecified atom stereocenters. The molecule has 2 rings (SSSR count). The summed E-state index contributed by atoms with van der Waals surface area (Å²) in [4.78, 5) is 2.30. The second-order valence-corrected chi connectivity index (χ2v) is 5.54. The second-order valence-electron chi connectivity index (χ2n) is 5.54. The van der Waals surface area contributed by atoms with E-state index in [1.54, 1.807) is 12.1 Å². The lowest BCUT2D eigenvalue weighted by Crippen LogP contribution is -2.47. The van der Waals surface area contributed by atoms with Gasteiger partial charge in [-0.1, -0.05) is 12.1 Å². The molecule has 1 saturated heterocycles. The summed E-state index contributed by atoms with van der Waals surface area (Å²) in [7, 11) is 0. The number of aliphatic hydroxyl groups is 1. The highest BCUT2D eigenvalue weighted by Gasteiger charge is 2.28. The van der Waals surface area contributed by atoms with E-state index in [1.807, 2.05) is 6.07 Å². The minimum Gasteiger partial charge on any atom is -0.391 e. The second kappa shape index (κ2) is 5.81. The molecule has 1 fully saturated rings. The van der Waals surface area contributed by atoms with Gasteiger partial charge in [-0.3, -0.25) is 4.90 Å². The number of benzene rings is 1. The van der Waals surface area contributed by atoms with Gasteiger partial charge in [0.2, 0.25) is 0 Å². The van der Waals surface area contributed by atoms with E-state index in [0.717, 1.165) is 31.5 Å². The zero-order valence-electron chi connectivity index (χ0n) is 11.1. The predicted molar refractivity (Wildman–Crippen MR) is 70.9 cm³/mol. The average molecular weight is 251 g/mol. The molecule has 2 nitrogen and oxygen atoms in total. The summed E-state index contributed by atoms with van der Waals surface area (Å²) in [5, 5.41) is 10.2. The van der Waals surface area contributed by atoms with Gasteiger partial charge in [0, 0.05) is 12.6 Å². The van der Waals surface area contributed by atoms with E-state index in [1.165, 1.54) is 6.07 Å². The summed E-state index contributed by atoms with van der Waals surface area (Å²) in [5.74, 6) is 0.0587. The maximum Gasteiger partial charge on any atom is 0.123 e. The third-order valence-corrected chi connectivity index (χ3v) is 3.87. The molecule has 0 aliphatic carbocycles. The number of likely N-dealkylation sites (tertiary alicyclic amines) is 1. The molecule has 2 atom stereocenters. The lowest BCUT2D eigenvalue weighted by atomic mass is 9.87. The molecule has 18 heavy (non-hydrogen) atoms. The third kappa shape index (κ3) is 3.30. The molecule has 0 radical (unpaired) electrons. The van der Waals surface area contributed by atoms with Crippen molar-refractivity contribution in [3.8, 4) is 0 Å². The van der Waals surface area contributed by atoms with Crippen LogP contribution in [0.1, 0.15) is 25.8 Å². The van der Waals surface area contributed by atoms with Crippen molar-refractivity contribution in [3.05, 3.63) is 35.6 Å². The number of nitrogens with zero attached hydrogens (tertiary/aromatic N) is 1. The highest BCUT2D eigenvalue weighted by Crippen LogP contribution is 2.23. The van der Waals surface area contributed by atoms with Crippen LogP contribution in [0, 0.1) is 11.7 Å². The van der Waals surface area contributed by atoms with Gasteiger partial charge in [-0.05, 0) is 56.8 Å². The van der Waals surface area contributed by atoms with Gasteiger partial charge in [-0.2, -0.15) is 0 Å². The largest absolute Gasteiger partial charge is 0.391 e. The zero-order valence-corrected chi connectivity index (χ0v) is 11.1. The number of β-amino-alcohol motifs (C(OH)–C–C–N with tert-alkyl or cyclic N) is 1. The Morgan fingerprint density at radius 1 is 1.44 bits per heavy atom. The van der Waals surface area contributed by atoms with Crippen LogP contribution in [0.25, 0.3) is 0 Å². The summed E-state index contributed by atoms with van der Waals surface area (Å²) >= 11 is 0. The highest BCUT2D eigenvalue weighted by molar-refractivity contribution is 5.17. The van der Waals surface area contributed by atoms with Gasteiger partial charge < -0.3 is 5.11 Å². The van der Waals surface area contributed by atoms with Gasteiger partial charge in [0.05, 0.1) is 6.10 Å². The van der Waals surface area contributed by atoms with Crippen molar-refractivity contribution >= 4 is 0 Å². The van der Waals surface area contributed by atoms with Crippen molar-refractivity contribution in [2.45, 2.75) is 38.8 Å². The Bertz CT molecular complexity index is 394. The van der Waals surface area contributed by atoms with Crippen LogP contribution in [0.15, 0.2) is 24.3 Å². The molecule has 3 heteroatoms. The Morgan fingerprint density at radius 3 is 2.83 bits per heavy atom. The predicted octanol–water partition coefficient (Wildman–Crippen LogP) is 2.46. The minimum atomic E-state index is -0.301. The average Bonchev–Trinajstić information content (AvgIpc) is 2.31. The normalized spacial score (nSPS) is 25.6. The highest BCUT2D eigenvalue weighted by atomic mass is 19.1. The van der Waals surface area contributed by atoms with Gasteiger partial charge in [0.1, 0.15) is 5.82 Å². The van der Waals surface area contributed by atoms with Crippen molar-refractivity contribution in [3.63, 3.8) is 0 Å². The van der Waals surface area contributed by atoms with E-state index in [4.69, 9.17) is 0 Å². The van der Waals surface area contributed by atoms with Crippen LogP contribution in [-0.2, 0) is 6.42 Å². The number of hydrogen-bond acceptors (Lipinski definition) is 2. The minimum absolute atomic E-state index is 0.193. The molecule has 0 bridgehead atoms. The van der Waals surface area contributed by atoms with E-state index in [-0.39, 0.29) is 17.8 Å². The lowest BCUT2D eigenvalue weighted by molar-refractivity contribution is 0.00973. The standard InChI is InChI=1S/C15H22FNO/c1-11(2)17-7-6-13(15(18)10-17)8-12-4-3-5-14(16)9-12/h3-5,9,11,13,15,18H,6-8,10H2,1-2H3/t13-,15-/m1/s1. The Labute approximate surface area is 108 Å². The molecule has 0 spiro atoms. The Balaban J connectivity index is 1.95. The number of rotatable bonds is 3. The van der Waals surface area contributed by atoms with Crippen molar-refractivity contribution in [2.75, 3.05) is 13.1 Å². The smallest absolute Gasteiger partial charge is 0.123 e. The van der Waals surface area contributed by atoms with E-state index in [0.29, 0.717) is 6.04 Å². The Morgan fingerprint density at radius 2 is 2.22 bits per heavy atom. The molecule has 1 aromatic carbocycles. The van der Waals surface area contributed by atoms with Gasteiger partial charge in [-0.15, -0.1) is 0 Å². The summed E-state index contributed by atoms with van der Waals surface area (Å²) < 4.78 is 13.1. The molecule has 1 aromatic rings. The topological polar surface area (TPSA) is 23.5 Å². The summed E-state index contributed by atoms with van der Waals surface area (Å²) in [6.07, 6.45) is 1.45. The fraction of sp³-hybridized carbons (Fsp3) is 0.600. The van der Waals surface area contributed by atoms with Gasteiger partial charge in [0.25, 0.3) is 0 Å². The first-order valence-corrected chi connectivity index (χ1v) is 6.73. The molecule has 1 aliphatic rings. The van der Waals surface area contributed by atoms with Crippen LogP contribution in [0.2, 0.25) is 0 Å². The summed E-state index contributed by atoms with van der Waals surface area (Å²) in [6.45, 7) is 6.06. The molecular formula is C15H22FNO. The van der Waals surface area contributed by atoms with E-state index in [9.17, 15) is 9.50 Å². The van der Waals surface area contributed by atoms with Crippen molar-refractivity contribution in [1.29, 1.82) is 0 Å². The van der Waals surface area contributed by atoms with Crippen LogP contribution in [0.4, 0.5) is 4.39 Å². The number of hydrogen-bond donors (Lipinski definition) is 1. The first kappa shape index (κ1) is 13.5.